The van der Waals surface area contributed by atoms with Crippen molar-refractivity contribution in [3.05, 3.63) is 223 Å². The summed E-state index contributed by atoms with van der Waals surface area (Å²) in [6.45, 7) is 4.70. The molecule has 0 atom stereocenters. The number of hydrogen-bond donors (Lipinski definition) is 0. The number of hydrogen-bond acceptors (Lipinski definition) is 3. The van der Waals surface area contributed by atoms with Gasteiger partial charge in [-0.2, -0.15) is 0 Å². The fourth-order valence-electron chi connectivity index (χ4n) is 10.4. The van der Waals surface area contributed by atoms with E-state index >= 15 is 0 Å². The second-order valence-corrected chi connectivity index (χ2v) is 17.6. The van der Waals surface area contributed by atoms with E-state index in [2.05, 4.69) is 219 Å². The van der Waals surface area contributed by atoms with Gasteiger partial charge in [0.1, 0.15) is 16.7 Å². The van der Waals surface area contributed by atoms with E-state index in [-0.39, 0.29) is 5.41 Å². The van der Waals surface area contributed by atoms with Gasteiger partial charge in [0.2, 0.25) is 0 Å². The monoisotopic (exact) mass is 819 g/mol. The third kappa shape index (κ3) is 5.54. The minimum atomic E-state index is -0.128. The molecular weight excluding hydrogens is 779 g/mol. The summed E-state index contributed by atoms with van der Waals surface area (Å²) in [5, 5.41) is 6.67. The van der Waals surface area contributed by atoms with Crippen molar-refractivity contribution in [1.29, 1.82) is 0 Å². The van der Waals surface area contributed by atoms with E-state index in [1.54, 1.807) is 0 Å². The molecule has 2 heterocycles. The van der Waals surface area contributed by atoms with Crippen molar-refractivity contribution in [2.45, 2.75) is 19.3 Å². The van der Waals surface area contributed by atoms with Crippen LogP contribution in [0.1, 0.15) is 25.0 Å². The summed E-state index contributed by atoms with van der Waals surface area (Å²) in [6, 6.07) is 76.6. The van der Waals surface area contributed by atoms with Gasteiger partial charge in [-0.1, -0.05) is 172 Å². The van der Waals surface area contributed by atoms with E-state index in [9.17, 15) is 0 Å². The van der Waals surface area contributed by atoms with Gasteiger partial charge in [-0.05, 0) is 110 Å². The first kappa shape index (κ1) is 36.5. The molecule has 0 N–H and O–H groups in total. The lowest BCUT2D eigenvalue weighted by Crippen LogP contribution is -2.14. The average Bonchev–Trinajstić information content (AvgIpc) is 4.00. The van der Waals surface area contributed by atoms with Crippen LogP contribution in [0.25, 0.3) is 99.2 Å². The lowest BCUT2D eigenvalue weighted by molar-refractivity contribution is 0.660. The summed E-state index contributed by atoms with van der Waals surface area (Å²) in [5.41, 5.74) is 18.6. The molecule has 2 aromatic heterocycles. The first-order chi connectivity index (χ1) is 31.5. The van der Waals surface area contributed by atoms with Gasteiger partial charge in [0.25, 0.3) is 0 Å². The van der Waals surface area contributed by atoms with Gasteiger partial charge < -0.3 is 13.7 Å². The second-order valence-electron chi connectivity index (χ2n) is 17.6. The number of benzene rings is 10. The zero-order valence-corrected chi connectivity index (χ0v) is 35.5. The van der Waals surface area contributed by atoms with Crippen LogP contribution in [0.5, 0.6) is 0 Å². The molecule has 12 aromatic rings. The second kappa shape index (κ2) is 13.9. The van der Waals surface area contributed by atoms with Gasteiger partial charge in [0.15, 0.2) is 5.58 Å². The van der Waals surface area contributed by atoms with Crippen molar-refractivity contribution >= 4 is 71.7 Å². The Morgan fingerprint density at radius 2 is 0.969 bits per heavy atom. The SMILES string of the molecule is CC1(C)c2ccccc2-c2ccc(-c3cc(N(c4ccc(-c5ccccc5)cc4)c4ccc(-c5cccc6c5oc5ccccc56)cc4)c4oc5c6ccccc6ccc5c4c3)cc21. The Morgan fingerprint density at radius 1 is 0.344 bits per heavy atom. The maximum absolute atomic E-state index is 7.17. The molecule has 302 valence electrons. The predicted molar refractivity (Wildman–Crippen MR) is 267 cm³/mol. The van der Waals surface area contributed by atoms with Crippen LogP contribution < -0.4 is 4.90 Å². The zero-order chi connectivity index (χ0) is 42.5. The molecule has 10 aromatic carbocycles. The predicted octanol–water partition coefficient (Wildman–Crippen LogP) is 17.4. The van der Waals surface area contributed by atoms with E-state index in [0.29, 0.717) is 0 Å². The Kier molecular flexibility index (Phi) is 7.95. The van der Waals surface area contributed by atoms with Crippen molar-refractivity contribution in [3.8, 4) is 44.5 Å². The van der Waals surface area contributed by atoms with Gasteiger partial charge in [0.05, 0.1) is 5.69 Å². The standard InChI is InChI=1S/C61H41NO2/c1-61(2)54-21-10-8-17-48(54)49-33-28-42(36-55(49)61)43-35-53-52-34-27-40-15-6-7-16-46(40)59(52)64-60(53)56(37-43)62(44-29-23-39(24-30-44)38-13-4-3-5-14-38)45-31-25-41(26-32-45)47-19-12-20-51-50-18-9-11-22-57(50)63-58(47)51/h3-37H,1-2H3. The van der Waals surface area contributed by atoms with Crippen LogP contribution in [-0.4, -0.2) is 0 Å². The molecule has 1 aliphatic carbocycles. The molecule has 1 aliphatic rings. The van der Waals surface area contributed by atoms with E-state index in [1.807, 2.05) is 12.1 Å². The molecule has 0 spiro atoms. The van der Waals surface area contributed by atoms with E-state index in [0.717, 1.165) is 94.0 Å². The van der Waals surface area contributed by atoms with Crippen molar-refractivity contribution in [2.24, 2.45) is 0 Å². The molecule has 0 saturated heterocycles. The smallest absolute Gasteiger partial charge is 0.159 e. The van der Waals surface area contributed by atoms with E-state index < -0.39 is 0 Å². The minimum absolute atomic E-state index is 0.128. The molecule has 13 rings (SSSR count). The minimum Gasteiger partial charge on any atom is -0.455 e. The molecular formula is C61H41NO2. The number of nitrogens with zero attached hydrogens (tertiary/aromatic N) is 1. The Morgan fingerprint density at radius 3 is 1.80 bits per heavy atom. The average molecular weight is 820 g/mol. The third-order valence-electron chi connectivity index (χ3n) is 13.7. The molecule has 0 radical (unpaired) electrons. The summed E-state index contributed by atoms with van der Waals surface area (Å²) in [7, 11) is 0. The van der Waals surface area contributed by atoms with Crippen LogP contribution >= 0.6 is 0 Å². The summed E-state index contributed by atoms with van der Waals surface area (Å²) >= 11 is 0. The van der Waals surface area contributed by atoms with Crippen LogP contribution in [0.3, 0.4) is 0 Å². The van der Waals surface area contributed by atoms with Crippen molar-refractivity contribution < 1.29 is 8.83 Å². The Bertz CT molecular complexity index is 3800. The quantitative estimate of drug-likeness (QED) is 0.167. The summed E-state index contributed by atoms with van der Waals surface area (Å²) < 4.78 is 13.7. The first-order valence-corrected chi connectivity index (χ1v) is 22.1. The zero-order valence-electron chi connectivity index (χ0n) is 35.5. The number of rotatable bonds is 6. The van der Waals surface area contributed by atoms with Gasteiger partial charge in [-0.3, -0.25) is 0 Å². The molecule has 0 amide bonds. The summed E-state index contributed by atoms with van der Waals surface area (Å²) in [5.74, 6) is 0. The van der Waals surface area contributed by atoms with Gasteiger partial charge in [-0.25, -0.2) is 0 Å². The number of furan rings is 2. The highest BCUT2D eigenvalue weighted by molar-refractivity contribution is 6.18. The summed E-state index contributed by atoms with van der Waals surface area (Å²) in [4.78, 5) is 2.36. The number of anilines is 3. The van der Waals surface area contributed by atoms with Crippen molar-refractivity contribution in [2.75, 3.05) is 4.90 Å². The van der Waals surface area contributed by atoms with E-state index in [1.165, 1.54) is 33.4 Å². The van der Waals surface area contributed by atoms with Crippen LogP contribution in [0.4, 0.5) is 17.1 Å². The Labute approximate surface area is 371 Å². The van der Waals surface area contributed by atoms with Gasteiger partial charge in [-0.15, -0.1) is 0 Å². The maximum Gasteiger partial charge on any atom is 0.159 e. The van der Waals surface area contributed by atoms with Crippen molar-refractivity contribution in [1.82, 2.24) is 0 Å². The topological polar surface area (TPSA) is 29.5 Å². The number of para-hydroxylation sites is 2. The molecule has 0 saturated carbocycles. The molecule has 64 heavy (non-hydrogen) atoms. The maximum atomic E-state index is 7.17. The van der Waals surface area contributed by atoms with Crippen LogP contribution in [0.15, 0.2) is 221 Å². The Hall–Kier alpha value is -8.14. The lowest BCUT2D eigenvalue weighted by Gasteiger charge is -2.27. The largest absolute Gasteiger partial charge is 0.455 e. The molecule has 3 nitrogen and oxygen atoms in total. The van der Waals surface area contributed by atoms with Crippen LogP contribution in [-0.2, 0) is 5.41 Å². The summed E-state index contributed by atoms with van der Waals surface area (Å²) in [6.07, 6.45) is 0. The first-order valence-electron chi connectivity index (χ1n) is 22.1. The van der Waals surface area contributed by atoms with Crippen molar-refractivity contribution in [3.63, 3.8) is 0 Å². The molecule has 0 fully saturated rings. The van der Waals surface area contributed by atoms with Gasteiger partial charge >= 0.3 is 0 Å². The fourth-order valence-corrected chi connectivity index (χ4v) is 10.4. The van der Waals surface area contributed by atoms with Gasteiger partial charge in [0, 0.05) is 49.3 Å². The highest BCUT2D eigenvalue weighted by Crippen LogP contribution is 2.51. The highest BCUT2D eigenvalue weighted by Gasteiger charge is 2.35. The van der Waals surface area contributed by atoms with Crippen LogP contribution in [0.2, 0.25) is 0 Å². The lowest BCUT2D eigenvalue weighted by atomic mass is 9.81. The Balaban J connectivity index is 1.04. The third-order valence-corrected chi connectivity index (χ3v) is 13.7. The molecule has 3 heteroatoms. The molecule has 0 aliphatic heterocycles. The normalized spacial score (nSPS) is 13.0. The van der Waals surface area contributed by atoms with Crippen LogP contribution in [0, 0.1) is 0 Å². The fraction of sp³-hybridized carbons (Fsp3) is 0.0492. The molecule has 0 unspecified atom stereocenters. The highest BCUT2D eigenvalue weighted by atomic mass is 16.3. The molecule has 0 bridgehead atoms. The number of fused-ring (bicyclic) bond motifs is 11. The van der Waals surface area contributed by atoms with E-state index in [4.69, 9.17) is 8.83 Å².